The molecule has 7 heterocycles. The second-order valence-corrected chi connectivity index (χ2v) is 29.3. The molecule has 2 bridgehead atoms. The molecule has 0 aromatic heterocycles. The molecule has 38 heteroatoms. The van der Waals surface area contributed by atoms with Crippen LogP contribution in [0.25, 0.3) is 0 Å². The number of rotatable bonds is 21. The van der Waals surface area contributed by atoms with Crippen LogP contribution in [0.1, 0.15) is 71.6 Å². The highest BCUT2D eigenvalue weighted by molar-refractivity contribution is 5.77. The Balaban J connectivity index is 0.890. The second kappa shape index (κ2) is 31.2. The molecule has 37 unspecified atom stereocenters. The largest absolute Gasteiger partial charge is 0.432 e. The van der Waals surface area contributed by atoms with Gasteiger partial charge in [0.2, 0.25) is 6.29 Å². The number of esters is 1. The Kier molecular flexibility index (Phi) is 24.6. The van der Waals surface area contributed by atoms with Crippen LogP contribution in [0.4, 0.5) is 0 Å². The molecule has 0 aromatic carbocycles. The van der Waals surface area contributed by atoms with Crippen molar-refractivity contribution in [2.45, 2.75) is 292 Å². The summed E-state index contributed by atoms with van der Waals surface area (Å²) in [7, 11) is 0. The van der Waals surface area contributed by atoms with E-state index in [1.165, 1.54) is 0 Å². The zero-order valence-corrected chi connectivity index (χ0v) is 54.8. The lowest BCUT2D eigenvalue weighted by molar-refractivity contribution is -0.403. The maximum absolute atomic E-state index is 15.5. The lowest BCUT2D eigenvalue weighted by Crippen LogP contribution is -2.68. The molecule has 4 aliphatic carbocycles. The molecule has 11 aliphatic rings. The number of hydrogen-bond donors (Lipinski definition) is 23. The van der Waals surface area contributed by atoms with Gasteiger partial charge in [0.25, 0.3) is 0 Å². The molecule has 11 fully saturated rings. The van der Waals surface area contributed by atoms with Crippen LogP contribution in [-0.4, -0.2) is 390 Å². The van der Waals surface area contributed by atoms with E-state index in [2.05, 4.69) is 13.5 Å². The number of aliphatic hydroxyl groups excluding tert-OH is 23. The summed E-state index contributed by atoms with van der Waals surface area (Å²) in [5, 5.41) is 249. The summed E-state index contributed by atoms with van der Waals surface area (Å²) >= 11 is 0. The van der Waals surface area contributed by atoms with Gasteiger partial charge in [-0.25, -0.2) is 0 Å². The van der Waals surface area contributed by atoms with Crippen LogP contribution in [0.2, 0.25) is 0 Å². The maximum Gasteiger partial charge on any atom is 0.314 e. The second-order valence-electron chi connectivity index (χ2n) is 29.3. The Hall–Kier alpha value is -2.23. The predicted molar refractivity (Wildman–Crippen MR) is 317 cm³/mol. The molecule has 0 amide bonds. The SMILES string of the molecule is C=C1CC23CCC4[C@](C)(C(=O)OC5OC(CO)C(O)C(OC6OC(CO)C(O)C(O)C6O)C5OC5OC(CO)C(O)C(O)C5O)CCC[C@@]4(C)[C@@H]2CC[C@]1(OC1OC(COC2OC(CO)C(O)C(O)C2O)C(O)C(OC2OC(CO)C(O)C(O)C2O)C1OC1OC(CO)C(O)C(O)C1O)C3. The summed E-state index contributed by atoms with van der Waals surface area (Å²) in [6.07, 6.45) is -63.8. The molecule has 0 aromatic rings. The summed E-state index contributed by atoms with van der Waals surface area (Å²) < 4.78 is 85.3. The minimum absolute atomic E-state index is 0.148. The van der Waals surface area contributed by atoms with Crippen LogP contribution in [0.3, 0.4) is 0 Å². The minimum Gasteiger partial charge on any atom is -0.432 e. The summed E-state index contributed by atoms with van der Waals surface area (Å²) in [4.78, 5) is 15.5. The summed E-state index contributed by atoms with van der Waals surface area (Å²) in [6, 6.07) is 0. The first kappa shape index (κ1) is 78.8. The molecule has 23 N–H and O–H groups in total. The third kappa shape index (κ3) is 14.1. The molecule has 7 saturated heterocycles. The van der Waals surface area contributed by atoms with E-state index in [0.717, 1.165) is 0 Å². The maximum atomic E-state index is 15.5. The standard InChI is InChI=1S/C62H100O38/c1-20-11-61-9-5-28-59(2,7-4-8-60(28,3)58(86)99-56-49(97-54-45(84)40(79)33(72)24(15-66)91-54)47(35(74)26(17-68)93-56)95-52-43(82)38(77)31(70)22(13-64)89-52)29(61)6-10-62(20,19-61)100-57-50(98-55-46(85)41(80)34(73)25(16-67)92-55)48(96-53-44(83)39(78)32(71)23(14-65)90-53)36(75)27(94-57)18-87-51-42(81)37(76)30(69)21(12-63)88-51/h21-57,63-85H,1,4-19H2,2-3H3/t21?,22?,23?,24?,25?,26?,27?,28?,29-,30?,31?,32?,33?,34?,35?,36?,37?,38?,39?,40?,41?,42?,43?,44?,45?,46?,47?,48?,49?,50?,51?,52?,53?,54?,55?,56?,57?,59+,60+,61?,62-/m0/s1. The van der Waals surface area contributed by atoms with Gasteiger partial charge in [-0.3, -0.25) is 4.79 Å². The predicted octanol–water partition coefficient (Wildman–Crippen LogP) is -11.6. The Labute approximate surface area is 571 Å². The quantitative estimate of drug-likeness (QED) is 0.0288. The molecule has 100 heavy (non-hydrogen) atoms. The average Bonchev–Trinajstić information content (AvgIpc) is 1.44. The molecule has 41 atom stereocenters. The van der Waals surface area contributed by atoms with Crippen LogP contribution in [0.15, 0.2) is 12.2 Å². The van der Waals surface area contributed by atoms with Gasteiger partial charge in [-0.15, -0.1) is 0 Å². The number of carbonyl (C=O) groups excluding carboxylic acids is 1. The number of carbonyl (C=O) groups is 1. The van der Waals surface area contributed by atoms with Crippen LogP contribution < -0.4 is 0 Å². The molecule has 11 rings (SSSR count). The first-order chi connectivity index (χ1) is 47.3. The average molecular weight is 1450 g/mol. The normalized spacial score (nSPS) is 54.5. The van der Waals surface area contributed by atoms with E-state index in [-0.39, 0.29) is 25.2 Å². The zero-order chi connectivity index (χ0) is 72.7. The van der Waals surface area contributed by atoms with Gasteiger partial charge < -0.3 is 184 Å². The van der Waals surface area contributed by atoms with Crippen molar-refractivity contribution in [1.29, 1.82) is 0 Å². The van der Waals surface area contributed by atoms with Gasteiger partial charge in [0, 0.05) is 0 Å². The van der Waals surface area contributed by atoms with Gasteiger partial charge in [0.1, 0.15) is 165 Å². The molecule has 0 radical (unpaired) electrons. The van der Waals surface area contributed by atoms with Crippen molar-refractivity contribution in [2.75, 3.05) is 46.2 Å². The monoisotopic (exact) mass is 1450 g/mol. The third-order valence-corrected chi connectivity index (χ3v) is 23.4. The van der Waals surface area contributed by atoms with Gasteiger partial charge in [-0.1, -0.05) is 19.9 Å². The Bertz CT molecular complexity index is 2720. The fourth-order valence-electron chi connectivity index (χ4n) is 17.8. The van der Waals surface area contributed by atoms with E-state index in [9.17, 15) is 117 Å². The Morgan fingerprint density at radius 2 is 0.750 bits per heavy atom. The first-order valence-electron chi connectivity index (χ1n) is 33.9. The minimum atomic E-state index is -2.13. The van der Waals surface area contributed by atoms with Crippen molar-refractivity contribution in [3.05, 3.63) is 12.2 Å². The van der Waals surface area contributed by atoms with Crippen molar-refractivity contribution >= 4 is 5.97 Å². The number of fused-ring (bicyclic) bond motifs is 3. The van der Waals surface area contributed by atoms with Gasteiger partial charge in [0.05, 0.1) is 57.3 Å². The van der Waals surface area contributed by atoms with Crippen LogP contribution >= 0.6 is 0 Å². The van der Waals surface area contributed by atoms with E-state index in [1.807, 2.05) is 0 Å². The highest BCUT2D eigenvalue weighted by Gasteiger charge is 2.70. The molecule has 38 nitrogen and oxygen atoms in total. The highest BCUT2D eigenvalue weighted by Crippen LogP contribution is 2.74. The molecule has 1 spiro atoms. The van der Waals surface area contributed by atoms with Crippen LogP contribution in [0, 0.1) is 28.1 Å². The Morgan fingerprint density at radius 1 is 0.400 bits per heavy atom. The topological polar surface area (TPSA) is 612 Å². The fourth-order valence-corrected chi connectivity index (χ4v) is 17.8. The van der Waals surface area contributed by atoms with Crippen molar-refractivity contribution in [3.8, 4) is 0 Å². The van der Waals surface area contributed by atoms with Crippen molar-refractivity contribution in [3.63, 3.8) is 0 Å². The molecular weight excluding hydrogens is 1350 g/mol. The molecule has 576 valence electrons. The lowest BCUT2D eigenvalue weighted by atomic mass is 9.41. The number of hydrogen-bond acceptors (Lipinski definition) is 38. The van der Waals surface area contributed by atoms with Crippen molar-refractivity contribution in [2.24, 2.45) is 28.1 Å². The van der Waals surface area contributed by atoms with Gasteiger partial charge in [0.15, 0.2) is 43.8 Å². The number of ether oxygens (including phenoxy) is 14. The molecule has 4 saturated carbocycles. The summed E-state index contributed by atoms with van der Waals surface area (Å²) in [6.45, 7) is 2.00. The first-order valence-corrected chi connectivity index (χ1v) is 33.9. The van der Waals surface area contributed by atoms with Crippen LogP contribution in [0.5, 0.6) is 0 Å². The third-order valence-electron chi connectivity index (χ3n) is 23.4. The van der Waals surface area contributed by atoms with E-state index in [1.54, 1.807) is 6.92 Å². The van der Waals surface area contributed by atoms with Crippen molar-refractivity contribution < 1.29 is 189 Å². The van der Waals surface area contributed by atoms with E-state index in [0.29, 0.717) is 44.1 Å². The lowest BCUT2D eigenvalue weighted by Gasteiger charge is -2.64. The Morgan fingerprint density at radius 3 is 1.18 bits per heavy atom. The smallest absolute Gasteiger partial charge is 0.314 e. The number of aliphatic hydroxyl groups is 23. The van der Waals surface area contributed by atoms with Gasteiger partial charge >= 0.3 is 5.97 Å². The van der Waals surface area contributed by atoms with E-state index in [4.69, 9.17) is 66.3 Å². The summed E-state index contributed by atoms with van der Waals surface area (Å²) in [5.41, 5.74) is -3.69. The van der Waals surface area contributed by atoms with E-state index < -0.39 is 295 Å². The zero-order valence-electron chi connectivity index (χ0n) is 54.8. The van der Waals surface area contributed by atoms with Crippen LogP contribution in [-0.2, 0) is 71.1 Å². The fraction of sp³-hybridized carbons (Fsp3) is 0.952. The molecule has 7 aliphatic heterocycles. The highest BCUT2D eigenvalue weighted by atomic mass is 16.8. The summed E-state index contributed by atoms with van der Waals surface area (Å²) in [5.74, 6) is -1.63. The van der Waals surface area contributed by atoms with Gasteiger partial charge in [-0.05, 0) is 86.5 Å². The van der Waals surface area contributed by atoms with E-state index >= 15 is 4.79 Å². The van der Waals surface area contributed by atoms with Gasteiger partial charge in [-0.2, -0.15) is 0 Å². The van der Waals surface area contributed by atoms with Crippen molar-refractivity contribution in [1.82, 2.24) is 0 Å². The molecular formula is C62H100O38.